The van der Waals surface area contributed by atoms with Crippen LogP contribution in [-0.4, -0.2) is 5.54 Å². The third kappa shape index (κ3) is 4.57. The van der Waals surface area contributed by atoms with Crippen LogP contribution in [0, 0.1) is 5.82 Å². The van der Waals surface area contributed by atoms with Crippen LogP contribution in [0.25, 0.3) is 0 Å². The number of benzene rings is 2. The molecule has 0 amide bonds. The molecule has 2 rings (SSSR count). The molecule has 3 heteroatoms. The van der Waals surface area contributed by atoms with Crippen molar-refractivity contribution in [3.8, 4) is 5.75 Å². The molecule has 0 aliphatic carbocycles. The minimum Gasteiger partial charge on any atom is -0.489 e. The van der Waals surface area contributed by atoms with Gasteiger partial charge >= 0.3 is 0 Å². The number of rotatable bonds is 4. The molecule has 20 heavy (non-hydrogen) atoms. The maximum absolute atomic E-state index is 13.0. The van der Waals surface area contributed by atoms with Gasteiger partial charge in [-0.2, -0.15) is 0 Å². The Balaban J connectivity index is 1.94. The Morgan fingerprint density at radius 3 is 2.35 bits per heavy atom. The topological polar surface area (TPSA) is 21.3 Å². The summed E-state index contributed by atoms with van der Waals surface area (Å²) in [6, 6.07) is 14.2. The first kappa shape index (κ1) is 14.4. The lowest BCUT2D eigenvalue weighted by Crippen LogP contribution is -2.25. The van der Waals surface area contributed by atoms with Crippen LogP contribution in [0.3, 0.4) is 0 Å². The lowest BCUT2D eigenvalue weighted by Gasteiger charge is -2.22. The van der Waals surface area contributed by atoms with Crippen molar-refractivity contribution in [1.82, 2.24) is 0 Å². The zero-order valence-electron chi connectivity index (χ0n) is 12.1. The minimum atomic E-state index is -0.240. The molecule has 0 spiro atoms. The molecule has 0 aliphatic heterocycles. The highest BCUT2D eigenvalue weighted by Crippen LogP contribution is 2.20. The van der Waals surface area contributed by atoms with Gasteiger partial charge in [-0.05, 0) is 62.7 Å². The van der Waals surface area contributed by atoms with E-state index in [1.165, 1.54) is 12.1 Å². The second kappa shape index (κ2) is 5.95. The van der Waals surface area contributed by atoms with Crippen LogP contribution in [0.1, 0.15) is 26.3 Å². The second-order valence-corrected chi connectivity index (χ2v) is 5.82. The van der Waals surface area contributed by atoms with Crippen molar-refractivity contribution in [3.63, 3.8) is 0 Å². The van der Waals surface area contributed by atoms with Gasteiger partial charge in [0.2, 0.25) is 0 Å². The fraction of sp³-hybridized carbons (Fsp3) is 0.294. The minimum absolute atomic E-state index is 0.0317. The van der Waals surface area contributed by atoms with Crippen LogP contribution < -0.4 is 10.1 Å². The van der Waals surface area contributed by atoms with Gasteiger partial charge in [0.15, 0.2) is 0 Å². The van der Waals surface area contributed by atoms with Crippen LogP contribution in [0.15, 0.2) is 48.5 Å². The predicted octanol–water partition coefficient (Wildman–Crippen LogP) is 4.62. The van der Waals surface area contributed by atoms with Gasteiger partial charge in [-0.25, -0.2) is 4.39 Å². The molecular formula is C17H20FNO. The fourth-order valence-corrected chi connectivity index (χ4v) is 1.86. The first-order valence-corrected chi connectivity index (χ1v) is 6.68. The molecule has 0 fully saturated rings. The van der Waals surface area contributed by atoms with E-state index in [1.54, 1.807) is 6.07 Å². The van der Waals surface area contributed by atoms with Crippen LogP contribution in [-0.2, 0) is 6.61 Å². The molecule has 0 aromatic heterocycles. The van der Waals surface area contributed by atoms with Crippen LogP contribution in [0.5, 0.6) is 5.75 Å². The van der Waals surface area contributed by atoms with E-state index in [0.29, 0.717) is 6.61 Å². The highest BCUT2D eigenvalue weighted by Gasteiger charge is 2.08. The summed E-state index contributed by atoms with van der Waals surface area (Å²) in [7, 11) is 0. The molecule has 0 saturated heterocycles. The number of ether oxygens (including phenoxy) is 1. The maximum atomic E-state index is 13.0. The Morgan fingerprint density at radius 1 is 1.05 bits per heavy atom. The maximum Gasteiger partial charge on any atom is 0.123 e. The van der Waals surface area contributed by atoms with E-state index in [-0.39, 0.29) is 11.4 Å². The first-order chi connectivity index (χ1) is 9.42. The average Bonchev–Trinajstić information content (AvgIpc) is 2.36. The third-order valence-corrected chi connectivity index (χ3v) is 2.67. The molecule has 0 atom stereocenters. The molecule has 2 aromatic carbocycles. The summed E-state index contributed by atoms with van der Waals surface area (Å²) in [6.45, 7) is 6.70. The van der Waals surface area contributed by atoms with Crippen molar-refractivity contribution in [2.45, 2.75) is 32.9 Å². The Labute approximate surface area is 119 Å². The van der Waals surface area contributed by atoms with Gasteiger partial charge in [-0.3, -0.25) is 0 Å². The molecular weight excluding hydrogens is 253 g/mol. The highest BCUT2D eigenvalue weighted by molar-refractivity contribution is 5.47. The number of hydrogen-bond acceptors (Lipinski definition) is 2. The van der Waals surface area contributed by atoms with Gasteiger partial charge in [-0.1, -0.05) is 12.1 Å². The smallest absolute Gasteiger partial charge is 0.123 e. The van der Waals surface area contributed by atoms with Crippen molar-refractivity contribution in [1.29, 1.82) is 0 Å². The van der Waals surface area contributed by atoms with E-state index in [0.717, 1.165) is 17.0 Å². The third-order valence-electron chi connectivity index (χ3n) is 2.67. The Kier molecular flexibility index (Phi) is 4.28. The van der Waals surface area contributed by atoms with Crippen molar-refractivity contribution >= 4 is 5.69 Å². The van der Waals surface area contributed by atoms with Crippen LogP contribution >= 0.6 is 0 Å². The lowest BCUT2D eigenvalue weighted by molar-refractivity contribution is 0.305. The first-order valence-electron chi connectivity index (χ1n) is 6.68. The molecule has 0 unspecified atom stereocenters. The summed E-state index contributed by atoms with van der Waals surface area (Å²) in [4.78, 5) is 0. The standard InChI is InChI=1S/C17H20FNO/c1-17(2,3)19-15-7-9-16(10-8-15)20-12-13-5-4-6-14(18)11-13/h4-11,19H,12H2,1-3H3. The van der Waals surface area contributed by atoms with E-state index in [9.17, 15) is 4.39 Å². The van der Waals surface area contributed by atoms with Gasteiger partial charge in [0, 0.05) is 11.2 Å². The molecule has 2 nitrogen and oxygen atoms in total. The van der Waals surface area contributed by atoms with E-state index >= 15 is 0 Å². The van der Waals surface area contributed by atoms with Crippen molar-refractivity contribution in [2.24, 2.45) is 0 Å². The van der Waals surface area contributed by atoms with Gasteiger partial charge in [0.25, 0.3) is 0 Å². The Bertz CT molecular complexity index is 558. The van der Waals surface area contributed by atoms with Gasteiger partial charge in [-0.15, -0.1) is 0 Å². The molecule has 0 saturated carbocycles. The van der Waals surface area contributed by atoms with Crippen LogP contribution in [0.2, 0.25) is 0 Å². The summed E-state index contributed by atoms with van der Waals surface area (Å²) in [6.07, 6.45) is 0. The normalized spacial score (nSPS) is 11.2. The molecule has 2 aromatic rings. The van der Waals surface area contributed by atoms with E-state index < -0.39 is 0 Å². The molecule has 0 aliphatic rings. The van der Waals surface area contributed by atoms with Crippen LogP contribution in [0.4, 0.5) is 10.1 Å². The number of halogens is 1. The monoisotopic (exact) mass is 273 g/mol. The molecule has 0 bridgehead atoms. The highest BCUT2D eigenvalue weighted by atomic mass is 19.1. The number of nitrogens with one attached hydrogen (secondary N) is 1. The summed E-state index contributed by atoms with van der Waals surface area (Å²) in [5.74, 6) is 0.532. The summed E-state index contributed by atoms with van der Waals surface area (Å²) >= 11 is 0. The molecule has 0 radical (unpaired) electrons. The molecule has 1 N–H and O–H groups in total. The number of anilines is 1. The SMILES string of the molecule is CC(C)(C)Nc1ccc(OCc2cccc(F)c2)cc1. The number of hydrogen-bond donors (Lipinski definition) is 1. The Morgan fingerprint density at radius 2 is 1.75 bits per heavy atom. The quantitative estimate of drug-likeness (QED) is 0.878. The lowest BCUT2D eigenvalue weighted by atomic mass is 10.1. The van der Waals surface area contributed by atoms with Crippen molar-refractivity contribution < 1.29 is 9.13 Å². The molecule has 106 valence electrons. The van der Waals surface area contributed by atoms with E-state index in [4.69, 9.17) is 4.74 Å². The largest absolute Gasteiger partial charge is 0.489 e. The van der Waals surface area contributed by atoms with E-state index in [2.05, 4.69) is 26.1 Å². The second-order valence-electron chi connectivity index (χ2n) is 5.82. The molecule has 0 heterocycles. The van der Waals surface area contributed by atoms with Gasteiger partial charge in [0.1, 0.15) is 18.2 Å². The van der Waals surface area contributed by atoms with Gasteiger partial charge in [0.05, 0.1) is 0 Å². The van der Waals surface area contributed by atoms with Gasteiger partial charge < -0.3 is 10.1 Å². The summed E-state index contributed by atoms with van der Waals surface area (Å²) in [5, 5.41) is 3.38. The van der Waals surface area contributed by atoms with E-state index in [1.807, 2.05) is 30.3 Å². The fourth-order valence-electron chi connectivity index (χ4n) is 1.86. The predicted molar refractivity (Wildman–Crippen MR) is 80.5 cm³/mol. The zero-order valence-corrected chi connectivity index (χ0v) is 12.1. The zero-order chi connectivity index (χ0) is 14.6. The average molecular weight is 273 g/mol. The summed E-state index contributed by atoms with van der Waals surface area (Å²) in [5.41, 5.74) is 1.90. The van der Waals surface area contributed by atoms with Crippen molar-refractivity contribution in [2.75, 3.05) is 5.32 Å². The Hall–Kier alpha value is -2.03. The van der Waals surface area contributed by atoms with Crippen molar-refractivity contribution in [3.05, 3.63) is 59.9 Å². The summed E-state index contributed by atoms with van der Waals surface area (Å²) < 4.78 is 18.7.